The van der Waals surface area contributed by atoms with Gasteiger partial charge in [-0.05, 0) is 17.4 Å². The molecule has 1 heterocycles. The monoisotopic (exact) mass is 318 g/mol. The van der Waals surface area contributed by atoms with Crippen molar-refractivity contribution in [3.8, 4) is 0 Å². The zero-order valence-electron chi connectivity index (χ0n) is 14.6. The van der Waals surface area contributed by atoms with Gasteiger partial charge >= 0.3 is 0 Å². The van der Waals surface area contributed by atoms with Crippen LogP contribution in [0.4, 0.5) is 0 Å². The van der Waals surface area contributed by atoms with Crippen LogP contribution in [0.25, 0.3) is 0 Å². The summed E-state index contributed by atoms with van der Waals surface area (Å²) in [5.74, 6) is 0.900. The van der Waals surface area contributed by atoms with Gasteiger partial charge in [0.05, 0.1) is 13.2 Å². The topological polar surface area (TPSA) is 41.6 Å². The molecule has 0 spiro atoms. The first-order valence-corrected chi connectivity index (χ1v) is 8.71. The smallest absolute Gasteiger partial charge is 0.220 e. The van der Waals surface area contributed by atoms with Crippen molar-refractivity contribution in [2.24, 2.45) is 5.92 Å². The van der Waals surface area contributed by atoms with E-state index >= 15 is 0 Å². The van der Waals surface area contributed by atoms with E-state index in [1.54, 1.807) is 0 Å². The van der Waals surface area contributed by atoms with Crippen molar-refractivity contribution in [3.05, 3.63) is 35.9 Å². The Hall–Kier alpha value is -1.39. The number of ether oxygens (including phenoxy) is 1. The highest BCUT2D eigenvalue weighted by atomic mass is 16.5. The van der Waals surface area contributed by atoms with Gasteiger partial charge in [0.1, 0.15) is 0 Å². The fraction of sp³-hybridized carbons (Fsp3) is 0.632. The van der Waals surface area contributed by atoms with Crippen LogP contribution in [0.3, 0.4) is 0 Å². The minimum atomic E-state index is 0.139. The molecule has 1 aliphatic rings. The van der Waals surface area contributed by atoms with Gasteiger partial charge in [-0.1, -0.05) is 51.1 Å². The largest absolute Gasteiger partial charge is 0.379 e. The Balaban J connectivity index is 1.81. The van der Waals surface area contributed by atoms with Crippen LogP contribution in [-0.2, 0) is 9.53 Å². The Morgan fingerprint density at radius 2 is 1.83 bits per heavy atom. The van der Waals surface area contributed by atoms with Crippen LogP contribution >= 0.6 is 0 Å². The standard InChI is InChI=1S/C19H30N2O2/c1-15(2)18(21-9-11-23-12-10-21)14-20-19(22)13-16(3)17-7-5-4-6-8-17/h4-8,15-16,18H,9-14H2,1-3H3,(H,20,22). The molecule has 0 aliphatic carbocycles. The van der Waals surface area contributed by atoms with Crippen LogP contribution in [0.5, 0.6) is 0 Å². The average molecular weight is 318 g/mol. The highest BCUT2D eigenvalue weighted by Gasteiger charge is 2.24. The third-order valence-electron chi connectivity index (χ3n) is 4.65. The lowest BCUT2D eigenvalue weighted by atomic mass is 9.97. The molecule has 2 unspecified atom stereocenters. The molecular formula is C19H30N2O2. The van der Waals surface area contributed by atoms with Crippen LogP contribution < -0.4 is 5.32 Å². The Morgan fingerprint density at radius 1 is 1.17 bits per heavy atom. The molecule has 23 heavy (non-hydrogen) atoms. The summed E-state index contributed by atoms with van der Waals surface area (Å²) in [6.45, 7) is 10.8. The SMILES string of the molecule is CC(CC(=O)NCC(C(C)C)N1CCOCC1)c1ccccc1. The summed E-state index contributed by atoms with van der Waals surface area (Å²) in [6, 6.07) is 10.6. The predicted octanol–water partition coefficient (Wildman–Crippen LogP) is 2.65. The maximum atomic E-state index is 12.3. The second-order valence-electron chi connectivity index (χ2n) is 6.78. The molecule has 1 N–H and O–H groups in total. The van der Waals surface area contributed by atoms with Crippen LogP contribution in [0, 0.1) is 5.92 Å². The fourth-order valence-corrected chi connectivity index (χ4v) is 3.16. The van der Waals surface area contributed by atoms with Gasteiger partial charge in [0, 0.05) is 32.1 Å². The van der Waals surface area contributed by atoms with Crippen molar-refractivity contribution in [3.63, 3.8) is 0 Å². The third kappa shape index (κ3) is 5.63. The van der Waals surface area contributed by atoms with Gasteiger partial charge in [-0.15, -0.1) is 0 Å². The van der Waals surface area contributed by atoms with E-state index in [-0.39, 0.29) is 11.8 Å². The summed E-state index contributed by atoms with van der Waals surface area (Å²) in [4.78, 5) is 14.7. The normalized spacial score (nSPS) is 18.6. The Labute approximate surface area is 140 Å². The summed E-state index contributed by atoms with van der Waals surface area (Å²) in [6.07, 6.45) is 0.540. The maximum Gasteiger partial charge on any atom is 0.220 e. The summed E-state index contributed by atoms with van der Waals surface area (Å²) >= 11 is 0. The van der Waals surface area contributed by atoms with Crippen LogP contribution in [0.1, 0.15) is 38.7 Å². The Kier molecular flexibility index (Phi) is 7.06. The van der Waals surface area contributed by atoms with Crippen molar-refractivity contribution < 1.29 is 9.53 Å². The van der Waals surface area contributed by atoms with E-state index in [4.69, 9.17) is 4.74 Å². The van der Waals surface area contributed by atoms with Crippen molar-refractivity contribution >= 4 is 5.91 Å². The van der Waals surface area contributed by atoms with Gasteiger partial charge in [0.25, 0.3) is 0 Å². The molecule has 0 bridgehead atoms. The van der Waals surface area contributed by atoms with Crippen LogP contribution in [-0.4, -0.2) is 49.7 Å². The number of hydrogen-bond donors (Lipinski definition) is 1. The molecule has 1 fully saturated rings. The van der Waals surface area contributed by atoms with Gasteiger partial charge < -0.3 is 10.1 Å². The summed E-state index contributed by atoms with van der Waals surface area (Å²) in [7, 11) is 0. The van der Waals surface area contributed by atoms with Crippen molar-refractivity contribution in [2.75, 3.05) is 32.8 Å². The molecular weight excluding hydrogens is 288 g/mol. The molecule has 128 valence electrons. The number of morpholine rings is 1. The lowest BCUT2D eigenvalue weighted by Gasteiger charge is -2.37. The number of nitrogens with one attached hydrogen (secondary N) is 1. The Morgan fingerprint density at radius 3 is 2.43 bits per heavy atom. The second-order valence-corrected chi connectivity index (χ2v) is 6.78. The molecule has 1 aromatic rings. The van der Waals surface area contributed by atoms with E-state index in [0.29, 0.717) is 18.4 Å². The van der Waals surface area contributed by atoms with E-state index in [0.717, 1.165) is 32.8 Å². The molecule has 0 saturated carbocycles. The van der Waals surface area contributed by atoms with Crippen molar-refractivity contribution in [1.82, 2.24) is 10.2 Å². The van der Waals surface area contributed by atoms with Gasteiger partial charge in [-0.2, -0.15) is 0 Å². The maximum absolute atomic E-state index is 12.3. The Bertz CT molecular complexity index is 470. The average Bonchev–Trinajstić information content (AvgIpc) is 2.56. The number of nitrogens with zero attached hydrogens (tertiary/aromatic N) is 1. The number of carbonyl (C=O) groups excluding carboxylic acids is 1. The van der Waals surface area contributed by atoms with E-state index in [2.05, 4.69) is 43.1 Å². The number of benzene rings is 1. The minimum Gasteiger partial charge on any atom is -0.379 e. The molecule has 1 aromatic carbocycles. The highest BCUT2D eigenvalue weighted by molar-refractivity contribution is 5.76. The predicted molar refractivity (Wildman–Crippen MR) is 93.5 cm³/mol. The van der Waals surface area contributed by atoms with E-state index in [9.17, 15) is 4.79 Å². The summed E-state index contributed by atoms with van der Waals surface area (Å²) < 4.78 is 5.43. The molecule has 2 atom stereocenters. The number of carbonyl (C=O) groups is 1. The lowest BCUT2D eigenvalue weighted by Crippen LogP contribution is -2.51. The zero-order valence-corrected chi connectivity index (χ0v) is 14.6. The fourth-order valence-electron chi connectivity index (χ4n) is 3.16. The molecule has 0 aromatic heterocycles. The van der Waals surface area contributed by atoms with Gasteiger partial charge in [-0.25, -0.2) is 0 Å². The highest BCUT2D eigenvalue weighted by Crippen LogP contribution is 2.18. The first kappa shape index (κ1) is 18.0. The zero-order chi connectivity index (χ0) is 16.7. The van der Waals surface area contributed by atoms with E-state index < -0.39 is 0 Å². The van der Waals surface area contributed by atoms with Gasteiger partial charge in [0.15, 0.2) is 0 Å². The lowest BCUT2D eigenvalue weighted by molar-refractivity contribution is -0.121. The van der Waals surface area contributed by atoms with Gasteiger partial charge in [-0.3, -0.25) is 9.69 Å². The van der Waals surface area contributed by atoms with Crippen LogP contribution in [0.15, 0.2) is 30.3 Å². The third-order valence-corrected chi connectivity index (χ3v) is 4.65. The quantitative estimate of drug-likeness (QED) is 0.840. The second kappa shape index (κ2) is 9.04. The number of amides is 1. The van der Waals surface area contributed by atoms with E-state index in [1.807, 2.05) is 18.2 Å². The summed E-state index contributed by atoms with van der Waals surface area (Å²) in [5, 5.41) is 3.14. The number of hydrogen-bond acceptors (Lipinski definition) is 3. The van der Waals surface area contributed by atoms with Gasteiger partial charge in [0.2, 0.25) is 5.91 Å². The summed E-state index contributed by atoms with van der Waals surface area (Å²) in [5.41, 5.74) is 1.22. The molecule has 1 amide bonds. The molecule has 2 rings (SSSR count). The van der Waals surface area contributed by atoms with Crippen molar-refractivity contribution in [2.45, 2.75) is 39.2 Å². The van der Waals surface area contributed by atoms with Crippen molar-refractivity contribution in [1.29, 1.82) is 0 Å². The number of rotatable bonds is 7. The minimum absolute atomic E-state index is 0.139. The molecule has 0 radical (unpaired) electrons. The molecule has 1 saturated heterocycles. The van der Waals surface area contributed by atoms with E-state index in [1.165, 1.54) is 5.56 Å². The molecule has 4 nitrogen and oxygen atoms in total. The first-order chi connectivity index (χ1) is 11.1. The van der Waals surface area contributed by atoms with Crippen LogP contribution in [0.2, 0.25) is 0 Å². The first-order valence-electron chi connectivity index (χ1n) is 8.71. The molecule has 4 heteroatoms. The molecule has 1 aliphatic heterocycles.